The number of allylic oxidation sites excluding steroid dienone is 4. The Labute approximate surface area is 81.7 Å². The van der Waals surface area contributed by atoms with Crippen molar-refractivity contribution in [2.75, 3.05) is 0 Å². The fraction of sp³-hybridized carbons (Fsp3) is 0.692. The molecule has 0 N–H and O–H groups in total. The van der Waals surface area contributed by atoms with Crippen LogP contribution < -0.4 is 0 Å². The quantitative estimate of drug-likeness (QED) is 0.567. The second-order valence-electron chi connectivity index (χ2n) is 4.81. The van der Waals surface area contributed by atoms with Gasteiger partial charge in [-0.05, 0) is 43.4 Å². The average Bonchev–Trinajstić information content (AvgIpc) is 2.17. The molecule has 0 heterocycles. The van der Waals surface area contributed by atoms with Crippen molar-refractivity contribution in [2.24, 2.45) is 17.8 Å². The van der Waals surface area contributed by atoms with E-state index in [4.69, 9.17) is 0 Å². The highest BCUT2D eigenvalue weighted by atomic mass is 14.3. The van der Waals surface area contributed by atoms with E-state index in [0.29, 0.717) is 0 Å². The maximum Gasteiger partial charge on any atom is -0.0135 e. The van der Waals surface area contributed by atoms with Crippen molar-refractivity contribution in [2.45, 2.75) is 39.5 Å². The van der Waals surface area contributed by atoms with E-state index >= 15 is 0 Å². The molecule has 0 nitrogen and oxygen atoms in total. The summed E-state index contributed by atoms with van der Waals surface area (Å²) in [6.45, 7) is 4.76. The summed E-state index contributed by atoms with van der Waals surface area (Å²) >= 11 is 0. The van der Waals surface area contributed by atoms with Crippen LogP contribution in [0.3, 0.4) is 0 Å². The number of hydrogen-bond donors (Lipinski definition) is 0. The van der Waals surface area contributed by atoms with E-state index in [2.05, 4.69) is 32.1 Å². The molecular weight excluding hydrogens is 156 g/mol. The Morgan fingerprint density at radius 1 is 1.38 bits per heavy atom. The number of hydrogen-bond acceptors (Lipinski definition) is 0. The van der Waals surface area contributed by atoms with Gasteiger partial charge in [0.05, 0.1) is 0 Å². The lowest BCUT2D eigenvalue weighted by Crippen LogP contribution is -2.26. The van der Waals surface area contributed by atoms with Crippen LogP contribution in [0.2, 0.25) is 0 Å². The van der Waals surface area contributed by atoms with Crippen molar-refractivity contribution < 1.29 is 0 Å². The summed E-state index contributed by atoms with van der Waals surface area (Å²) in [5, 5.41) is 0. The smallest absolute Gasteiger partial charge is 0.0135 e. The Morgan fingerprint density at radius 3 is 3.00 bits per heavy atom. The van der Waals surface area contributed by atoms with Crippen LogP contribution in [0.5, 0.6) is 0 Å². The van der Waals surface area contributed by atoms with Gasteiger partial charge in [0.2, 0.25) is 0 Å². The normalized spacial score (nSPS) is 33.0. The average molecular weight is 176 g/mol. The van der Waals surface area contributed by atoms with Crippen LogP contribution in [0.25, 0.3) is 0 Å². The summed E-state index contributed by atoms with van der Waals surface area (Å²) in [4.78, 5) is 0. The molecule has 0 saturated heterocycles. The molecule has 1 saturated carbocycles. The third-order valence-corrected chi connectivity index (χ3v) is 3.69. The molecule has 0 heteroatoms. The molecule has 72 valence electrons. The highest BCUT2D eigenvalue weighted by molar-refractivity contribution is 5.23. The predicted octanol–water partition coefficient (Wildman–Crippen LogP) is 3.95. The molecule has 0 spiro atoms. The zero-order chi connectivity index (χ0) is 9.26. The fourth-order valence-electron chi connectivity index (χ4n) is 2.95. The Kier molecular flexibility index (Phi) is 2.57. The lowest BCUT2D eigenvalue weighted by atomic mass is 9.68. The van der Waals surface area contributed by atoms with Crippen molar-refractivity contribution >= 4 is 0 Å². The van der Waals surface area contributed by atoms with Gasteiger partial charge in [0.1, 0.15) is 0 Å². The minimum absolute atomic E-state index is 0.861. The van der Waals surface area contributed by atoms with E-state index in [-0.39, 0.29) is 0 Å². The second kappa shape index (κ2) is 3.69. The molecular formula is C13H20. The van der Waals surface area contributed by atoms with Crippen LogP contribution in [0.4, 0.5) is 0 Å². The highest BCUT2D eigenvalue weighted by Gasteiger charge is 2.30. The van der Waals surface area contributed by atoms with Gasteiger partial charge in [-0.2, -0.15) is 0 Å². The van der Waals surface area contributed by atoms with Crippen LogP contribution in [-0.4, -0.2) is 0 Å². The Bertz CT molecular complexity index is 232. The molecule has 0 amide bonds. The zero-order valence-electron chi connectivity index (χ0n) is 8.79. The largest absolute Gasteiger partial charge is 0.0839 e. The highest BCUT2D eigenvalue weighted by Crippen LogP contribution is 2.41. The topological polar surface area (TPSA) is 0 Å². The first kappa shape index (κ1) is 9.05. The van der Waals surface area contributed by atoms with Gasteiger partial charge >= 0.3 is 0 Å². The molecule has 2 aliphatic rings. The van der Waals surface area contributed by atoms with Crippen molar-refractivity contribution in [1.29, 1.82) is 0 Å². The van der Waals surface area contributed by atoms with Crippen molar-refractivity contribution in [3.63, 3.8) is 0 Å². The summed E-state index contributed by atoms with van der Waals surface area (Å²) in [7, 11) is 0. The van der Waals surface area contributed by atoms with Gasteiger partial charge < -0.3 is 0 Å². The van der Waals surface area contributed by atoms with Gasteiger partial charge in [-0.25, -0.2) is 0 Å². The lowest BCUT2D eigenvalue weighted by molar-refractivity contribution is 0.231. The molecule has 0 bridgehead atoms. The van der Waals surface area contributed by atoms with E-state index in [0.717, 1.165) is 17.8 Å². The molecule has 0 aromatic heterocycles. The molecule has 2 atom stereocenters. The molecule has 0 aromatic rings. The molecule has 2 aliphatic carbocycles. The lowest BCUT2D eigenvalue weighted by Gasteiger charge is -2.37. The van der Waals surface area contributed by atoms with E-state index in [9.17, 15) is 0 Å². The SMILES string of the molecule is CC(C)C1CCCC2=CC=CCC21. The van der Waals surface area contributed by atoms with Crippen LogP contribution in [0.1, 0.15) is 39.5 Å². The molecule has 2 unspecified atom stereocenters. The molecule has 1 fully saturated rings. The van der Waals surface area contributed by atoms with Gasteiger partial charge in [0, 0.05) is 0 Å². The van der Waals surface area contributed by atoms with E-state index in [1.807, 2.05) is 0 Å². The first-order valence-corrected chi connectivity index (χ1v) is 5.64. The second-order valence-corrected chi connectivity index (χ2v) is 4.81. The molecule has 0 aromatic carbocycles. The first-order chi connectivity index (χ1) is 6.29. The third-order valence-electron chi connectivity index (χ3n) is 3.69. The summed E-state index contributed by atoms with van der Waals surface area (Å²) < 4.78 is 0. The van der Waals surface area contributed by atoms with E-state index < -0.39 is 0 Å². The molecule has 0 radical (unpaired) electrons. The summed E-state index contributed by atoms with van der Waals surface area (Å²) in [5.74, 6) is 2.70. The van der Waals surface area contributed by atoms with Gasteiger partial charge in [-0.3, -0.25) is 0 Å². The monoisotopic (exact) mass is 176 g/mol. The predicted molar refractivity (Wildman–Crippen MR) is 57.5 cm³/mol. The van der Waals surface area contributed by atoms with Crippen molar-refractivity contribution in [3.05, 3.63) is 23.8 Å². The van der Waals surface area contributed by atoms with Gasteiger partial charge in [-0.15, -0.1) is 0 Å². The third kappa shape index (κ3) is 1.72. The van der Waals surface area contributed by atoms with Crippen LogP contribution in [0, 0.1) is 17.8 Å². The van der Waals surface area contributed by atoms with Crippen molar-refractivity contribution in [3.8, 4) is 0 Å². The Morgan fingerprint density at radius 2 is 2.23 bits per heavy atom. The van der Waals surface area contributed by atoms with Crippen LogP contribution in [0.15, 0.2) is 23.8 Å². The van der Waals surface area contributed by atoms with Gasteiger partial charge in [-0.1, -0.05) is 37.6 Å². The number of fused-ring (bicyclic) bond motifs is 1. The molecule has 2 rings (SSSR count). The fourth-order valence-corrected chi connectivity index (χ4v) is 2.95. The Balaban J connectivity index is 2.15. The van der Waals surface area contributed by atoms with Crippen LogP contribution >= 0.6 is 0 Å². The van der Waals surface area contributed by atoms with Crippen LogP contribution in [-0.2, 0) is 0 Å². The van der Waals surface area contributed by atoms with E-state index in [1.54, 1.807) is 5.57 Å². The molecule has 13 heavy (non-hydrogen) atoms. The standard InChI is InChI=1S/C13H20/c1-10(2)12-9-5-7-11-6-3-4-8-13(11)12/h3-4,6,10,12-13H,5,7-9H2,1-2H3. The summed E-state index contributed by atoms with van der Waals surface area (Å²) in [5.41, 5.74) is 1.73. The maximum atomic E-state index is 2.38. The number of rotatable bonds is 1. The first-order valence-electron chi connectivity index (χ1n) is 5.64. The van der Waals surface area contributed by atoms with Gasteiger partial charge in [0.15, 0.2) is 0 Å². The maximum absolute atomic E-state index is 2.38. The summed E-state index contributed by atoms with van der Waals surface area (Å²) in [6.07, 6.45) is 12.5. The zero-order valence-corrected chi connectivity index (χ0v) is 8.79. The minimum atomic E-state index is 0.861. The van der Waals surface area contributed by atoms with Crippen molar-refractivity contribution in [1.82, 2.24) is 0 Å². The van der Waals surface area contributed by atoms with Gasteiger partial charge in [0.25, 0.3) is 0 Å². The Hall–Kier alpha value is -0.520. The molecule has 0 aliphatic heterocycles. The summed E-state index contributed by atoms with van der Waals surface area (Å²) in [6, 6.07) is 0. The van der Waals surface area contributed by atoms with E-state index in [1.165, 1.54) is 25.7 Å². The minimum Gasteiger partial charge on any atom is -0.0839 e.